The Kier molecular flexibility index (Phi) is 13.1. The number of nitrogens with zero attached hydrogens (tertiary/aromatic N) is 6. The predicted molar refractivity (Wildman–Crippen MR) is 196 cm³/mol. The van der Waals surface area contributed by atoms with Crippen LogP contribution in [0.1, 0.15) is 36.9 Å². The number of β-amino-alcohol motifs (C(OH)–C–C–N with tert-alkyl or cyclic N) is 1. The molecule has 2 aliphatic heterocycles. The summed E-state index contributed by atoms with van der Waals surface area (Å²) in [5.41, 5.74) is 2.43. The SMILES string of the molecule is CS(=O)(=O)O.Cc1cc(-n2cncn2)c2cccc(OCc3c(Cl)ccc(S(=O)(=O)N4CCC[C@H]4C(=O)NCC4CCN(CCO)CC4)c3Cl)c2n1. The maximum absolute atomic E-state index is 14.0. The second-order valence-corrected chi connectivity index (χ2v) is 16.8. The van der Waals surface area contributed by atoms with Crippen molar-refractivity contribution in [1.29, 1.82) is 0 Å². The predicted octanol–water partition coefficient (Wildman–Crippen LogP) is 3.49. The first kappa shape index (κ1) is 39.8. The number of aryl methyl sites for hydroxylation is 1. The number of amides is 1. The highest BCUT2D eigenvalue weighted by Crippen LogP contribution is 2.37. The molecule has 3 N–H and O–H groups in total. The molecule has 0 saturated carbocycles. The first-order valence-electron chi connectivity index (χ1n) is 16.6. The number of nitrogens with one attached hydrogen (secondary N) is 1. The third kappa shape index (κ3) is 9.76. The fourth-order valence-electron chi connectivity index (χ4n) is 6.36. The smallest absolute Gasteiger partial charge is 0.261 e. The molecule has 19 heteroatoms. The molecule has 2 aliphatic rings. The molecule has 1 amide bonds. The van der Waals surface area contributed by atoms with Crippen molar-refractivity contribution in [2.45, 2.75) is 50.2 Å². The lowest BCUT2D eigenvalue weighted by atomic mass is 9.96. The number of ether oxygens (including phenoxy) is 1. The van der Waals surface area contributed by atoms with Crippen molar-refractivity contribution in [3.63, 3.8) is 0 Å². The minimum atomic E-state index is -4.15. The van der Waals surface area contributed by atoms with Crippen LogP contribution in [0.15, 0.2) is 53.9 Å². The highest BCUT2D eigenvalue weighted by atomic mass is 35.5. The highest BCUT2D eigenvalue weighted by Gasteiger charge is 2.41. The molecule has 2 fully saturated rings. The van der Waals surface area contributed by atoms with Gasteiger partial charge in [-0.3, -0.25) is 9.35 Å². The number of aliphatic hydroxyl groups is 1. The number of aliphatic hydroxyl groups excluding tert-OH is 1. The molecule has 15 nitrogen and oxygen atoms in total. The van der Waals surface area contributed by atoms with Gasteiger partial charge in [0.15, 0.2) is 0 Å². The van der Waals surface area contributed by atoms with E-state index in [1.807, 2.05) is 25.1 Å². The van der Waals surface area contributed by atoms with Gasteiger partial charge in [0.2, 0.25) is 15.9 Å². The molecular formula is C33H41Cl2N7O8S2. The molecule has 4 heterocycles. The number of benzene rings is 2. The number of carbonyl (C=O) groups excluding carboxylic acids is 1. The van der Waals surface area contributed by atoms with Crippen molar-refractivity contribution in [3.8, 4) is 11.4 Å². The first-order chi connectivity index (χ1) is 24.7. The van der Waals surface area contributed by atoms with Crippen LogP contribution in [0.5, 0.6) is 5.75 Å². The van der Waals surface area contributed by atoms with E-state index in [2.05, 4.69) is 25.3 Å². The van der Waals surface area contributed by atoms with Gasteiger partial charge in [-0.2, -0.15) is 17.8 Å². The van der Waals surface area contributed by atoms with E-state index in [1.54, 1.807) is 17.1 Å². The zero-order valence-corrected chi connectivity index (χ0v) is 31.8. The van der Waals surface area contributed by atoms with E-state index in [0.717, 1.165) is 42.7 Å². The number of aromatic nitrogens is 4. The molecule has 0 unspecified atom stereocenters. The summed E-state index contributed by atoms with van der Waals surface area (Å²) < 4.78 is 63.0. The molecule has 282 valence electrons. The number of piperidine rings is 1. The Morgan fingerprint density at radius 1 is 1.08 bits per heavy atom. The Bertz CT molecular complexity index is 2090. The maximum atomic E-state index is 14.0. The van der Waals surface area contributed by atoms with E-state index in [9.17, 15) is 26.7 Å². The van der Waals surface area contributed by atoms with Gasteiger partial charge in [0.25, 0.3) is 10.1 Å². The third-order valence-corrected chi connectivity index (χ3v) is 11.7. The van der Waals surface area contributed by atoms with Gasteiger partial charge in [0, 0.05) is 41.3 Å². The number of likely N-dealkylation sites (tertiary alicyclic amines) is 1. The number of para-hydroxylation sites is 1. The Balaban J connectivity index is 0.000000979. The van der Waals surface area contributed by atoms with E-state index in [0.29, 0.717) is 54.9 Å². The monoisotopic (exact) mass is 797 g/mol. The second kappa shape index (κ2) is 17.2. The number of pyridine rings is 1. The molecule has 52 heavy (non-hydrogen) atoms. The average molecular weight is 799 g/mol. The van der Waals surface area contributed by atoms with E-state index >= 15 is 0 Å². The van der Waals surface area contributed by atoms with Gasteiger partial charge in [0.1, 0.15) is 41.5 Å². The van der Waals surface area contributed by atoms with Crippen LogP contribution in [0.3, 0.4) is 0 Å². The van der Waals surface area contributed by atoms with Crippen LogP contribution in [0, 0.1) is 12.8 Å². The van der Waals surface area contributed by atoms with Crippen LogP contribution in [0.4, 0.5) is 0 Å². The van der Waals surface area contributed by atoms with Crippen LogP contribution in [0.25, 0.3) is 16.6 Å². The van der Waals surface area contributed by atoms with Crippen LogP contribution in [-0.4, -0.2) is 113 Å². The third-order valence-electron chi connectivity index (χ3n) is 8.88. The van der Waals surface area contributed by atoms with Crippen molar-refractivity contribution >= 4 is 60.2 Å². The molecule has 2 aromatic carbocycles. The van der Waals surface area contributed by atoms with Gasteiger partial charge in [-0.15, -0.1) is 0 Å². The molecule has 4 aromatic rings. The number of carbonyl (C=O) groups is 1. The van der Waals surface area contributed by atoms with E-state index < -0.39 is 26.2 Å². The molecule has 0 radical (unpaired) electrons. The summed E-state index contributed by atoms with van der Waals surface area (Å²) in [4.78, 5) is 24.1. The number of sulfonamides is 1. The number of fused-ring (bicyclic) bond motifs is 1. The molecule has 0 aliphatic carbocycles. The summed E-state index contributed by atoms with van der Waals surface area (Å²) in [6.07, 6.45) is 6.58. The fraction of sp³-hybridized carbons (Fsp3) is 0.455. The Labute approximate surface area is 312 Å². The summed E-state index contributed by atoms with van der Waals surface area (Å²) in [5, 5.41) is 17.4. The molecule has 1 atom stereocenters. The van der Waals surface area contributed by atoms with Gasteiger partial charge >= 0.3 is 0 Å². The normalized spacial score (nSPS) is 17.5. The highest BCUT2D eigenvalue weighted by molar-refractivity contribution is 7.89. The van der Waals surface area contributed by atoms with Gasteiger partial charge in [-0.1, -0.05) is 35.3 Å². The number of hydrogen-bond acceptors (Lipinski definition) is 11. The van der Waals surface area contributed by atoms with Crippen molar-refractivity contribution in [2.24, 2.45) is 5.92 Å². The van der Waals surface area contributed by atoms with Crippen LogP contribution < -0.4 is 10.1 Å². The quantitative estimate of drug-likeness (QED) is 0.187. The van der Waals surface area contributed by atoms with Gasteiger partial charge in [-0.25, -0.2) is 23.1 Å². The minimum Gasteiger partial charge on any atom is -0.487 e. The molecule has 0 spiro atoms. The van der Waals surface area contributed by atoms with Crippen molar-refractivity contribution in [3.05, 3.63) is 70.4 Å². The number of hydrogen-bond donors (Lipinski definition) is 3. The van der Waals surface area contributed by atoms with Crippen LogP contribution in [0.2, 0.25) is 10.0 Å². The topological polar surface area (TPSA) is 197 Å². The Morgan fingerprint density at radius 3 is 2.48 bits per heavy atom. The second-order valence-electron chi connectivity index (χ2n) is 12.7. The lowest BCUT2D eigenvalue weighted by molar-refractivity contribution is -0.124. The van der Waals surface area contributed by atoms with Gasteiger partial charge < -0.3 is 20.1 Å². The summed E-state index contributed by atoms with van der Waals surface area (Å²) in [7, 11) is -7.81. The average Bonchev–Trinajstić information content (AvgIpc) is 3.81. The fourth-order valence-corrected chi connectivity index (χ4v) is 8.88. The van der Waals surface area contributed by atoms with Gasteiger partial charge in [0.05, 0.1) is 23.6 Å². The van der Waals surface area contributed by atoms with E-state index in [1.165, 1.54) is 22.8 Å². The number of rotatable bonds is 11. The summed E-state index contributed by atoms with van der Waals surface area (Å²) >= 11 is 13.3. The van der Waals surface area contributed by atoms with Crippen LogP contribution >= 0.6 is 23.2 Å². The summed E-state index contributed by atoms with van der Waals surface area (Å²) in [6.45, 7) is 4.97. The lowest BCUT2D eigenvalue weighted by Crippen LogP contribution is -2.47. The molecule has 2 saturated heterocycles. The lowest BCUT2D eigenvalue weighted by Gasteiger charge is -2.32. The Morgan fingerprint density at radius 2 is 1.81 bits per heavy atom. The van der Waals surface area contributed by atoms with Crippen molar-refractivity contribution < 1.29 is 36.0 Å². The molecule has 2 aromatic heterocycles. The van der Waals surface area contributed by atoms with Crippen LogP contribution in [-0.2, 0) is 31.5 Å². The van der Waals surface area contributed by atoms with Gasteiger partial charge in [-0.05, 0) is 75.9 Å². The molecule has 6 rings (SSSR count). The van der Waals surface area contributed by atoms with Crippen molar-refractivity contribution in [1.82, 2.24) is 34.3 Å². The summed E-state index contributed by atoms with van der Waals surface area (Å²) in [5.74, 6) is 0.466. The van der Waals surface area contributed by atoms with E-state index in [4.69, 9.17) is 32.5 Å². The van der Waals surface area contributed by atoms with Crippen molar-refractivity contribution in [2.75, 3.05) is 45.6 Å². The zero-order chi connectivity index (χ0) is 37.6. The first-order valence-corrected chi connectivity index (χ1v) is 20.6. The van der Waals surface area contributed by atoms with E-state index in [-0.39, 0.29) is 40.6 Å². The summed E-state index contributed by atoms with van der Waals surface area (Å²) in [6, 6.07) is 9.45. The largest absolute Gasteiger partial charge is 0.487 e. The number of halogens is 2. The molecular weight excluding hydrogens is 757 g/mol. The molecule has 0 bridgehead atoms. The Hall–Kier alpha value is -3.42. The minimum absolute atomic E-state index is 0.0501. The standard InChI is InChI=1S/C32H37Cl2N7O5S.CH4O3S/c1-21-16-27(40-20-35-19-37-40)23-4-2-6-28(31(23)38-21)46-18-24-25(33)7-8-29(30(24)34)47(44,45)41-11-3-5-26(41)32(43)36-17-22-9-12-39(13-10-22)14-15-42;1-5(2,3)4/h2,4,6-8,16,19-20,22,26,42H,3,5,9-15,17-18H2,1H3,(H,36,43);1H3,(H,2,3,4)/t26-;/m0./s1. The maximum Gasteiger partial charge on any atom is 0.261 e. The zero-order valence-electron chi connectivity index (χ0n) is 28.7.